The molecule has 2 rings (SSSR count). The van der Waals surface area contributed by atoms with Crippen molar-refractivity contribution in [1.29, 1.82) is 0 Å². The fourth-order valence-electron chi connectivity index (χ4n) is 2.18. The first-order chi connectivity index (χ1) is 9.69. The number of hydrogen-bond donors (Lipinski definition) is 1. The second-order valence-corrected chi connectivity index (χ2v) is 5.07. The van der Waals surface area contributed by atoms with Crippen molar-refractivity contribution in [2.24, 2.45) is 0 Å². The molecule has 0 aromatic carbocycles. The molecule has 0 amide bonds. The van der Waals surface area contributed by atoms with Gasteiger partial charge in [-0.2, -0.15) is 5.10 Å². The summed E-state index contributed by atoms with van der Waals surface area (Å²) in [5, 5.41) is 8.60. The zero-order chi connectivity index (χ0) is 14.5. The fourth-order valence-corrected chi connectivity index (χ4v) is 2.51. The van der Waals surface area contributed by atoms with E-state index in [4.69, 9.17) is 11.6 Å². The molecule has 0 spiro atoms. The third-order valence-electron chi connectivity index (χ3n) is 3.27. The molecule has 0 saturated heterocycles. The number of hydrogen-bond acceptors (Lipinski definition) is 3. The van der Waals surface area contributed by atoms with Gasteiger partial charge in [-0.3, -0.25) is 4.68 Å². The molecule has 0 aliphatic rings. The average molecular weight is 296 g/mol. The standard InChI is InChI=1S/C14H22ClN5/c1-4-12-14(15)13(20(6-3)18-12)9-19-8-11(17-10-19)7-16-5-2/h8,10,16H,4-7,9H2,1-3H3. The van der Waals surface area contributed by atoms with E-state index in [1.807, 2.05) is 11.0 Å². The monoisotopic (exact) mass is 295 g/mol. The molecule has 2 heterocycles. The normalized spacial score (nSPS) is 11.2. The molecule has 0 saturated carbocycles. The fraction of sp³-hybridized carbons (Fsp3) is 0.571. The number of aryl methyl sites for hydroxylation is 2. The van der Waals surface area contributed by atoms with Gasteiger partial charge in [0.15, 0.2) is 0 Å². The van der Waals surface area contributed by atoms with Crippen LogP contribution < -0.4 is 5.32 Å². The van der Waals surface area contributed by atoms with Gasteiger partial charge in [0, 0.05) is 19.3 Å². The lowest BCUT2D eigenvalue weighted by Crippen LogP contribution is -2.12. The summed E-state index contributed by atoms with van der Waals surface area (Å²) < 4.78 is 4.03. The highest BCUT2D eigenvalue weighted by atomic mass is 35.5. The third kappa shape index (κ3) is 3.22. The van der Waals surface area contributed by atoms with Crippen LogP contribution in [0.1, 0.15) is 37.9 Å². The van der Waals surface area contributed by atoms with Crippen molar-refractivity contribution in [3.63, 3.8) is 0 Å². The van der Waals surface area contributed by atoms with E-state index in [1.165, 1.54) is 0 Å². The van der Waals surface area contributed by atoms with Gasteiger partial charge < -0.3 is 9.88 Å². The van der Waals surface area contributed by atoms with Crippen LogP contribution in [0.3, 0.4) is 0 Å². The number of nitrogens with zero attached hydrogens (tertiary/aromatic N) is 4. The predicted octanol–water partition coefficient (Wildman–Crippen LogP) is 2.47. The lowest BCUT2D eigenvalue weighted by atomic mass is 10.3. The van der Waals surface area contributed by atoms with Crippen molar-refractivity contribution < 1.29 is 0 Å². The molecule has 0 atom stereocenters. The van der Waals surface area contributed by atoms with Crippen molar-refractivity contribution in [3.8, 4) is 0 Å². The quantitative estimate of drug-likeness (QED) is 0.853. The summed E-state index contributed by atoms with van der Waals surface area (Å²) in [5.74, 6) is 0. The van der Waals surface area contributed by atoms with Crippen LogP contribution in [0.2, 0.25) is 5.02 Å². The van der Waals surface area contributed by atoms with Crippen molar-refractivity contribution >= 4 is 11.6 Å². The van der Waals surface area contributed by atoms with Crippen molar-refractivity contribution in [3.05, 3.63) is 34.6 Å². The Kier molecular flexibility index (Phi) is 5.20. The van der Waals surface area contributed by atoms with Gasteiger partial charge in [-0.05, 0) is 19.9 Å². The Balaban J connectivity index is 2.16. The van der Waals surface area contributed by atoms with Gasteiger partial charge in [0.1, 0.15) is 0 Å². The molecule has 0 fully saturated rings. The van der Waals surface area contributed by atoms with Gasteiger partial charge in [-0.1, -0.05) is 25.4 Å². The predicted molar refractivity (Wildman–Crippen MR) is 81.0 cm³/mol. The maximum atomic E-state index is 6.42. The van der Waals surface area contributed by atoms with Crippen molar-refractivity contribution in [2.45, 2.75) is 46.8 Å². The van der Waals surface area contributed by atoms with Gasteiger partial charge in [0.2, 0.25) is 0 Å². The maximum absolute atomic E-state index is 6.42. The molecule has 1 N–H and O–H groups in total. The highest BCUT2D eigenvalue weighted by Gasteiger charge is 2.14. The van der Waals surface area contributed by atoms with Crippen LogP contribution in [0.4, 0.5) is 0 Å². The van der Waals surface area contributed by atoms with Crippen LogP contribution in [0, 0.1) is 0 Å². The first-order valence-electron chi connectivity index (χ1n) is 7.14. The van der Waals surface area contributed by atoms with Crippen LogP contribution in [0.25, 0.3) is 0 Å². The molecule has 0 bridgehead atoms. The number of halogens is 1. The average Bonchev–Trinajstić information content (AvgIpc) is 3.03. The van der Waals surface area contributed by atoms with E-state index in [0.29, 0.717) is 6.54 Å². The number of rotatable bonds is 7. The Bertz CT molecular complexity index is 558. The van der Waals surface area contributed by atoms with Crippen LogP contribution >= 0.6 is 11.6 Å². The SMILES string of the molecule is CCNCc1cn(Cc2c(Cl)c(CC)nn2CC)cn1. The maximum Gasteiger partial charge on any atom is 0.0953 e. The Labute approximate surface area is 125 Å². The van der Waals surface area contributed by atoms with Gasteiger partial charge in [-0.25, -0.2) is 4.98 Å². The molecule has 5 nitrogen and oxygen atoms in total. The van der Waals surface area contributed by atoms with Crippen LogP contribution in [-0.4, -0.2) is 25.9 Å². The summed E-state index contributed by atoms with van der Waals surface area (Å²) in [5.41, 5.74) is 3.07. The zero-order valence-corrected chi connectivity index (χ0v) is 13.1. The Morgan fingerprint density at radius 3 is 2.75 bits per heavy atom. The van der Waals surface area contributed by atoms with E-state index in [1.54, 1.807) is 0 Å². The van der Waals surface area contributed by atoms with E-state index in [-0.39, 0.29) is 0 Å². The number of imidazole rings is 1. The first kappa shape index (κ1) is 15.1. The van der Waals surface area contributed by atoms with Gasteiger partial charge in [0.05, 0.1) is 35.0 Å². The summed E-state index contributed by atoms with van der Waals surface area (Å²) >= 11 is 6.42. The molecule has 0 unspecified atom stereocenters. The zero-order valence-electron chi connectivity index (χ0n) is 12.4. The van der Waals surface area contributed by atoms with Gasteiger partial charge in [-0.15, -0.1) is 0 Å². The van der Waals surface area contributed by atoms with Crippen LogP contribution in [0.5, 0.6) is 0 Å². The van der Waals surface area contributed by atoms with Crippen LogP contribution in [0.15, 0.2) is 12.5 Å². The lowest BCUT2D eigenvalue weighted by molar-refractivity contribution is 0.594. The minimum atomic E-state index is 0.707. The topological polar surface area (TPSA) is 47.7 Å². The minimum absolute atomic E-state index is 0.707. The molecular weight excluding hydrogens is 274 g/mol. The summed E-state index contributed by atoms with van der Waals surface area (Å²) in [6, 6.07) is 0. The smallest absolute Gasteiger partial charge is 0.0953 e. The Morgan fingerprint density at radius 1 is 1.30 bits per heavy atom. The van der Waals surface area contributed by atoms with Gasteiger partial charge in [0.25, 0.3) is 0 Å². The largest absolute Gasteiger partial charge is 0.331 e. The Hall–Kier alpha value is -1.33. The molecule has 0 aliphatic carbocycles. The van der Waals surface area contributed by atoms with E-state index >= 15 is 0 Å². The molecular formula is C14H22ClN5. The molecule has 0 aliphatic heterocycles. The summed E-state index contributed by atoms with van der Waals surface area (Å²) in [4.78, 5) is 4.39. The third-order valence-corrected chi connectivity index (χ3v) is 3.71. The lowest BCUT2D eigenvalue weighted by Gasteiger charge is -2.06. The van der Waals surface area contributed by atoms with Crippen molar-refractivity contribution in [1.82, 2.24) is 24.6 Å². The summed E-state index contributed by atoms with van der Waals surface area (Å²) in [7, 11) is 0. The van der Waals surface area contributed by atoms with E-state index in [2.05, 4.69) is 46.9 Å². The summed E-state index contributed by atoms with van der Waals surface area (Å²) in [6.45, 7) is 9.52. The first-order valence-corrected chi connectivity index (χ1v) is 7.52. The minimum Gasteiger partial charge on any atom is -0.331 e. The second kappa shape index (κ2) is 6.90. The molecule has 2 aromatic heterocycles. The van der Waals surface area contributed by atoms with Gasteiger partial charge >= 0.3 is 0 Å². The second-order valence-electron chi connectivity index (χ2n) is 4.69. The number of nitrogens with one attached hydrogen (secondary N) is 1. The molecule has 2 aromatic rings. The highest BCUT2D eigenvalue weighted by molar-refractivity contribution is 6.31. The number of aromatic nitrogens is 4. The highest BCUT2D eigenvalue weighted by Crippen LogP contribution is 2.22. The van der Waals surface area contributed by atoms with E-state index in [0.717, 1.165) is 48.2 Å². The molecule has 110 valence electrons. The van der Waals surface area contributed by atoms with E-state index < -0.39 is 0 Å². The molecule has 0 radical (unpaired) electrons. The Morgan fingerprint density at radius 2 is 2.10 bits per heavy atom. The van der Waals surface area contributed by atoms with Crippen molar-refractivity contribution in [2.75, 3.05) is 6.54 Å². The van der Waals surface area contributed by atoms with Crippen LogP contribution in [-0.2, 0) is 26.1 Å². The molecule has 20 heavy (non-hydrogen) atoms. The summed E-state index contributed by atoms with van der Waals surface area (Å²) in [6.07, 6.45) is 4.76. The van der Waals surface area contributed by atoms with E-state index in [9.17, 15) is 0 Å². The molecule has 6 heteroatoms.